The molecule has 0 radical (unpaired) electrons. The molecule has 1 rings (SSSR count). The molecule has 1 unspecified atom stereocenters. The highest BCUT2D eigenvalue weighted by atomic mass is 28.4. The lowest BCUT2D eigenvalue weighted by molar-refractivity contribution is -0.0511. The second-order valence-electron chi connectivity index (χ2n) is 4.77. The smallest absolute Gasteiger partial charge is 0.387 e. The zero-order valence-electron chi connectivity index (χ0n) is 10.8. The maximum absolute atomic E-state index is 13.2. The number of rotatable bonds is 5. The van der Waals surface area contributed by atoms with Gasteiger partial charge in [-0.05, 0) is 37.8 Å². The van der Waals surface area contributed by atoms with Gasteiger partial charge in [-0.25, -0.2) is 11.0 Å². The molecule has 0 aliphatic rings. The van der Waals surface area contributed by atoms with Crippen molar-refractivity contribution in [3.8, 4) is 5.75 Å². The largest absolute Gasteiger partial charge is 0.434 e. The Bertz CT molecular complexity index is 483. The van der Waals surface area contributed by atoms with Gasteiger partial charge in [0.25, 0.3) is 0 Å². The molecule has 0 bridgehead atoms. The summed E-state index contributed by atoms with van der Waals surface area (Å²) in [4.78, 5) is 3.22. The molecular formula is C12H14F3NO2Si. The van der Waals surface area contributed by atoms with Crippen LogP contribution in [-0.4, -0.2) is 14.9 Å². The monoisotopic (exact) mass is 289 g/mol. The summed E-state index contributed by atoms with van der Waals surface area (Å²) in [5.41, 5.74) is -0.0160. The Balaban J connectivity index is 3.14. The predicted molar refractivity (Wildman–Crippen MR) is 66.8 cm³/mol. The fraction of sp³-hybridized carbons (Fsp3) is 0.417. The lowest BCUT2D eigenvalue weighted by atomic mass is 10.1. The fourth-order valence-electron chi connectivity index (χ4n) is 1.41. The molecule has 0 saturated carbocycles. The summed E-state index contributed by atoms with van der Waals surface area (Å²) >= 11 is 0. The van der Waals surface area contributed by atoms with Crippen LogP contribution in [0.2, 0.25) is 19.6 Å². The topological polar surface area (TPSA) is 22.8 Å². The molecule has 0 aliphatic carbocycles. The number of hydrogen-bond donors (Lipinski definition) is 0. The van der Waals surface area contributed by atoms with Crippen LogP contribution in [0.4, 0.5) is 13.2 Å². The third kappa shape index (κ3) is 4.93. The first-order chi connectivity index (χ1) is 8.73. The Morgan fingerprint density at radius 2 is 1.89 bits per heavy atom. The van der Waals surface area contributed by atoms with Gasteiger partial charge in [0.1, 0.15) is 17.1 Å². The van der Waals surface area contributed by atoms with Crippen molar-refractivity contribution in [3.05, 3.63) is 41.0 Å². The lowest BCUT2D eigenvalue weighted by Gasteiger charge is -2.20. The van der Waals surface area contributed by atoms with Gasteiger partial charge in [-0.2, -0.15) is 8.78 Å². The van der Waals surface area contributed by atoms with E-state index < -0.39 is 27.0 Å². The minimum absolute atomic E-state index is 0.0160. The molecule has 0 aliphatic heterocycles. The van der Waals surface area contributed by atoms with Crippen LogP contribution in [0.15, 0.2) is 18.2 Å². The minimum Gasteiger partial charge on any atom is -0.434 e. The molecule has 0 aromatic heterocycles. The third-order valence-electron chi connectivity index (χ3n) is 2.04. The Hall–Kier alpha value is -1.52. The SMILES string of the molecule is [C-]#[N+]C(O[Si](C)(C)C)c1cc(F)ccc1OC(F)F. The summed E-state index contributed by atoms with van der Waals surface area (Å²) in [6.45, 7) is 9.58. The van der Waals surface area contributed by atoms with Gasteiger partial charge in [-0.15, -0.1) is 0 Å². The Kier molecular flexibility index (Phi) is 4.97. The van der Waals surface area contributed by atoms with E-state index in [0.717, 1.165) is 18.2 Å². The summed E-state index contributed by atoms with van der Waals surface area (Å²) < 4.78 is 47.6. The first kappa shape index (κ1) is 15.5. The molecule has 19 heavy (non-hydrogen) atoms. The van der Waals surface area contributed by atoms with Crippen LogP contribution < -0.4 is 4.74 Å². The van der Waals surface area contributed by atoms with E-state index in [1.807, 2.05) is 19.6 Å². The van der Waals surface area contributed by atoms with Crippen molar-refractivity contribution < 1.29 is 22.3 Å². The van der Waals surface area contributed by atoms with Gasteiger partial charge >= 0.3 is 12.8 Å². The van der Waals surface area contributed by atoms with E-state index in [1.54, 1.807) is 0 Å². The average Bonchev–Trinajstić information content (AvgIpc) is 2.26. The maximum atomic E-state index is 13.2. The molecule has 1 aromatic carbocycles. The van der Waals surface area contributed by atoms with Crippen molar-refractivity contribution in [1.29, 1.82) is 0 Å². The minimum atomic E-state index is -3.04. The standard InChI is InChI=1S/C12H14F3NO2Si/c1-16-11(18-19(2,3)4)9-7-8(13)5-6-10(9)17-12(14)15/h5-7,11-12H,2-4H3. The van der Waals surface area contributed by atoms with Crippen LogP contribution in [-0.2, 0) is 4.43 Å². The zero-order chi connectivity index (χ0) is 14.6. The summed E-state index contributed by atoms with van der Waals surface area (Å²) in [6.07, 6.45) is -1.14. The molecule has 0 N–H and O–H groups in total. The second-order valence-corrected chi connectivity index (χ2v) is 9.23. The van der Waals surface area contributed by atoms with Gasteiger partial charge in [0.15, 0.2) is 8.32 Å². The first-order valence-electron chi connectivity index (χ1n) is 5.51. The Labute approximate surface area is 110 Å². The third-order valence-corrected chi connectivity index (χ3v) is 2.97. The van der Waals surface area contributed by atoms with Crippen molar-refractivity contribution in [3.63, 3.8) is 0 Å². The molecular weight excluding hydrogens is 275 g/mol. The molecule has 0 amide bonds. The lowest BCUT2D eigenvalue weighted by Crippen LogP contribution is -2.27. The Morgan fingerprint density at radius 1 is 1.26 bits per heavy atom. The number of halogens is 3. The van der Waals surface area contributed by atoms with Gasteiger partial charge in [-0.1, -0.05) is 0 Å². The van der Waals surface area contributed by atoms with Crippen molar-refractivity contribution in [2.24, 2.45) is 0 Å². The average molecular weight is 289 g/mol. The molecule has 0 spiro atoms. The van der Waals surface area contributed by atoms with E-state index in [2.05, 4.69) is 9.58 Å². The highest BCUT2D eigenvalue weighted by Gasteiger charge is 2.30. The summed E-state index contributed by atoms with van der Waals surface area (Å²) in [5, 5.41) is 0. The van der Waals surface area contributed by atoms with E-state index in [4.69, 9.17) is 11.0 Å². The van der Waals surface area contributed by atoms with Gasteiger partial charge in [0.2, 0.25) is 0 Å². The maximum Gasteiger partial charge on any atom is 0.387 e. The van der Waals surface area contributed by atoms with Crippen molar-refractivity contribution in [2.75, 3.05) is 0 Å². The number of nitrogens with zero attached hydrogens (tertiary/aromatic N) is 1. The van der Waals surface area contributed by atoms with Crippen LogP contribution in [0.1, 0.15) is 11.8 Å². The molecule has 1 atom stereocenters. The number of ether oxygens (including phenoxy) is 1. The summed E-state index contributed by atoms with van der Waals surface area (Å²) in [6, 6.07) is 3.06. The van der Waals surface area contributed by atoms with Crippen LogP contribution in [0, 0.1) is 12.4 Å². The highest BCUT2D eigenvalue weighted by molar-refractivity contribution is 6.69. The normalized spacial score (nSPS) is 13.2. The highest BCUT2D eigenvalue weighted by Crippen LogP contribution is 2.32. The fourth-order valence-corrected chi connectivity index (χ4v) is 2.26. The molecule has 0 saturated heterocycles. The second kappa shape index (κ2) is 6.08. The molecule has 1 aromatic rings. The molecule has 3 nitrogen and oxygen atoms in total. The van der Waals surface area contributed by atoms with Crippen molar-refractivity contribution in [2.45, 2.75) is 32.5 Å². The van der Waals surface area contributed by atoms with Gasteiger partial charge < -0.3 is 9.16 Å². The van der Waals surface area contributed by atoms with Gasteiger partial charge in [-0.3, -0.25) is 4.85 Å². The van der Waals surface area contributed by atoms with Crippen LogP contribution in [0.5, 0.6) is 5.75 Å². The predicted octanol–water partition coefficient (Wildman–Crippen LogP) is 4.20. The summed E-state index contributed by atoms with van der Waals surface area (Å²) in [5.74, 6) is -0.875. The first-order valence-corrected chi connectivity index (χ1v) is 8.92. The molecule has 0 heterocycles. The van der Waals surface area contributed by atoms with E-state index in [-0.39, 0.29) is 11.3 Å². The number of benzene rings is 1. The van der Waals surface area contributed by atoms with Crippen LogP contribution in [0.25, 0.3) is 4.85 Å². The molecule has 0 fully saturated rings. The van der Waals surface area contributed by atoms with Gasteiger partial charge in [0.05, 0.1) is 0 Å². The Morgan fingerprint density at radius 3 is 2.37 bits per heavy atom. The zero-order valence-corrected chi connectivity index (χ0v) is 11.8. The van der Waals surface area contributed by atoms with Crippen molar-refractivity contribution >= 4 is 8.32 Å². The van der Waals surface area contributed by atoms with Crippen molar-refractivity contribution in [1.82, 2.24) is 0 Å². The van der Waals surface area contributed by atoms with E-state index in [0.29, 0.717) is 0 Å². The molecule has 7 heteroatoms. The van der Waals surface area contributed by atoms with E-state index in [9.17, 15) is 13.2 Å². The van der Waals surface area contributed by atoms with Crippen LogP contribution >= 0.6 is 0 Å². The summed E-state index contributed by atoms with van der Waals surface area (Å²) in [7, 11) is -2.08. The van der Waals surface area contributed by atoms with E-state index in [1.165, 1.54) is 0 Å². The van der Waals surface area contributed by atoms with Crippen LogP contribution in [0.3, 0.4) is 0 Å². The molecule has 104 valence electrons. The van der Waals surface area contributed by atoms with Gasteiger partial charge in [0, 0.05) is 0 Å². The number of alkyl halides is 2. The number of hydrogen-bond acceptors (Lipinski definition) is 2. The van der Waals surface area contributed by atoms with E-state index >= 15 is 0 Å². The quantitative estimate of drug-likeness (QED) is 0.599.